The Balaban J connectivity index is 1.77. The van der Waals surface area contributed by atoms with Gasteiger partial charge in [-0.05, 0) is 30.2 Å². The van der Waals surface area contributed by atoms with Gasteiger partial charge in [0.1, 0.15) is 10.8 Å². The number of carbonyl (C=O) groups excluding carboxylic acids is 1. The molecule has 0 atom stereocenters. The summed E-state index contributed by atoms with van der Waals surface area (Å²) in [6.45, 7) is 0.444. The lowest BCUT2D eigenvalue weighted by molar-refractivity contribution is -0.137. The topological polar surface area (TPSA) is 51.2 Å². The highest BCUT2D eigenvalue weighted by molar-refractivity contribution is 8.00. The standard InChI is InChI=1S/C17H16ClF3N2O2S/c1-25-13-4-2-11(3-5-13)6-7-22-15(24)10-26-16-14(18)8-12(9-23-16)17(19,20)21/h2-5,8-9H,6-7,10H2,1H3,(H,22,24). The number of hydrogen-bond acceptors (Lipinski definition) is 4. The quantitative estimate of drug-likeness (QED) is 0.702. The van der Waals surface area contributed by atoms with Gasteiger partial charge in [-0.25, -0.2) is 4.98 Å². The number of nitrogens with one attached hydrogen (secondary N) is 1. The van der Waals surface area contributed by atoms with E-state index in [2.05, 4.69) is 10.3 Å². The zero-order chi connectivity index (χ0) is 19.2. The maximum atomic E-state index is 12.6. The molecule has 0 aliphatic carbocycles. The minimum atomic E-state index is -4.50. The first-order valence-corrected chi connectivity index (χ1v) is 8.91. The van der Waals surface area contributed by atoms with E-state index in [-0.39, 0.29) is 21.7 Å². The van der Waals surface area contributed by atoms with Crippen LogP contribution in [0.2, 0.25) is 5.02 Å². The van der Waals surface area contributed by atoms with Crippen LogP contribution in [0.15, 0.2) is 41.6 Å². The highest BCUT2D eigenvalue weighted by atomic mass is 35.5. The molecule has 0 saturated heterocycles. The molecule has 0 bridgehead atoms. The molecule has 0 saturated carbocycles. The smallest absolute Gasteiger partial charge is 0.417 e. The second-order valence-electron chi connectivity index (χ2n) is 5.25. The SMILES string of the molecule is COc1ccc(CCNC(=O)CSc2ncc(C(F)(F)F)cc2Cl)cc1. The molecule has 0 unspecified atom stereocenters. The van der Waals surface area contributed by atoms with E-state index in [1.807, 2.05) is 24.3 Å². The maximum Gasteiger partial charge on any atom is 0.417 e. The van der Waals surface area contributed by atoms with Crippen molar-refractivity contribution in [2.24, 2.45) is 0 Å². The van der Waals surface area contributed by atoms with Crippen LogP contribution in [0.3, 0.4) is 0 Å². The van der Waals surface area contributed by atoms with E-state index in [0.29, 0.717) is 19.2 Å². The Hall–Kier alpha value is -1.93. The van der Waals surface area contributed by atoms with Gasteiger partial charge in [-0.15, -0.1) is 0 Å². The Morgan fingerprint density at radius 3 is 2.58 bits per heavy atom. The van der Waals surface area contributed by atoms with Gasteiger partial charge in [0.25, 0.3) is 0 Å². The van der Waals surface area contributed by atoms with Crippen molar-refractivity contribution in [3.63, 3.8) is 0 Å². The molecule has 0 fully saturated rings. The molecule has 0 aliphatic heterocycles. The summed E-state index contributed by atoms with van der Waals surface area (Å²) >= 11 is 6.79. The van der Waals surface area contributed by atoms with Gasteiger partial charge in [-0.3, -0.25) is 4.79 Å². The van der Waals surface area contributed by atoms with Crippen LogP contribution < -0.4 is 10.1 Å². The number of thioether (sulfide) groups is 1. The van der Waals surface area contributed by atoms with E-state index < -0.39 is 11.7 Å². The van der Waals surface area contributed by atoms with Gasteiger partial charge in [0.15, 0.2) is 0 Å². The second kappa shape index (κ2) is 9.14. The Labute approximate surface area is 158 Å². The van der Waals surface area contributed by atoms with Gasteiger partial charge in [0.2, 0.25) is 5.91 Å². The number of ether oxygens (including phenoxy) is 1. The number of methoxy groups -OCH3 is 1. The number of carbonyl (C=O) groups is 1. The monoisotopic (exact) mass is 404 g/mol. The largest absolute Gasteiger partial charge is 0.497 e. The number of rotatable bonds is 7. The van der Waals surface area contributed by atoms with Crippen LogP contribution in [0.1, 0.15) is 11.1 Å². The van der Waals surface area contributed by atoms with E-state index >= 15 is 0 Å². The molecule has 1 aromatic carbocycles. The molecule has 0 spiro atoms. The van der Waals surface area contributed by atoms with Crippen molar-refractivity contribution < 1.29 is 22.7 Å². The molecule has 4 nitrogen and oxygen atoms in total. The summed E-state index contributed by atoms with van der Waals surface area (Å²) in [5.74, 6) is 0.525. The summed E-state index contributed by atoms with van der Waals surface area (Å²) < 4.78 is 42.7. The molecule has 2 aromatic rings. The van der Waals surface area contributed by atoms with Crippen molar-refractivity contribution in [2.45, 2.75) is 17.6 Å². The average molecular weight is 405 g/mol. The van der Waals surface area contributed by atoms with Crippen LogP contribution in [0.4, 0.5) is 13.2 Å². The summed E-state index contributed by atoms with van der Waals surface area (Å²) in [5, 5.41) is 2.80. The Morgan fingerprint density at radius 1 is 1.31 bits per heavy atom. The normalized spacial score (nSPS) is 11.3. The number of halogens is 4. The van der Waals surface area contributed by atoms with E-state index in [9.17, 15) is 18.0 Å². The van der Waals surface area contributed by atoms with Gasteiger partial charge in [0.05, 0.1) is 23.4 Å². The molecule has 1 aromatic heterocycles. The molecule has 1 amide bonds. The lowest BCUT2D eigenvalue weighted by Gasteiger charge is -2.09. The van der Waals surface area contributed by atoms with Crippen LogP contribution in [-0.4, -0.2) is 30.3 Å². The molecule has 9 heteroatoms. The molecule has 0 radical (unpaired) electrons. The highest BCUT2D eigenvalue weighted by Crippen LogP contribution is 2.33. The van der Waals surface area contributed by atoms with Crippen molar-refractivity contribution >= 4 is 29.3 Å². The molecule has 1 N–H and O–H groups in total. The molecule has 1 heterocycles. The molecular formula is C17H16ClF3N2O2S. The number of hydrogen-bond donors (Lipinski definition) is 1. The lowest BCUT2D eigenvalue weighted by Crippen LogP contribution is -2.27. The van der Waals surface area contributed by atoms with Crippen LogP contribution in [-0.2, 0) is 17.4 Å². The summed E-state index contributed by atoms with van der Waals surface area (Å²) in [5.41, 5.74) is 0.127. The fourth-order valence-corrected chi connectivity index (χ4v) is 3.03. The molecule has 2 rings (SSSR count). The minimum Gasteiger partial charge on any atom is -0.497 e. The number of amides is 1. The highest BCUT2D eigenvalue weighted by Gasteiger charge is 2.31. The molecule has 140 valence electrons. The first-order chi connectivity index (χ1) is 12.3. The van der Waals surface area contributed by atoms with E-state index in [4.69, 9.17) is 16.3 Å². The fourth-order valence-electron chi connectivity index (χ4n) is 2.01. The Bertz CT molecular complexity index is 755. The third-order valence-corrected chi connectivity index (χ3v) is 4.78. The van der Waals surface area contributed by atoms with Gasteiger partial charge in [-0.2, -0.15) is 13.2 Å². The summed E-state index contributed by atoms with van der Waals surface area (Å²) in [6, 6.07) is 8.30. The van der Waals surface area contributed by atoms with Gasteiger partial charge >= 0.3 is 6.18 Å². The third-order valence-electron chi connectivity index (χ3n) is 3.37. The van der Waals surface area contributed by atoms with E-state index in [1.54, 1.807) is 7.11 Å². The van der Waals surface area contributed by atoms with Crippen molar-refractivity contribution in [1.29, 1.82) is 0 Å². The van der Waals surface area contributed by atoms with Crippen molar-refractivity contribution in [2.75, 3.05) is 19.4 Å². The summed E-state index contributed by atoms with van der Waals surface area (Å²) in [6.07, 6.45) is -3.14. The predicted octanol–water partition coefficient (Wildman–Crippen LogP) is 4.21. The lowest BCUT2D eigenvalue weighted by atomic mass is 10.1. The van der Waals surface area contributed by atoms with Crippen molar-refractivity contribution in [3.05, 3.63) is 52.7 Å². The number of nitrogens with zero attached hydrogens (tertiary/aromatic N) is 1. The van der Waals surface area contributed by atoms with E-state index in [1.165, 1.54) is 0 Å². The van der Waals surface area contributed by atoms with Crippen LogP contribution in [0.25, 0.3) is 0 Å². The average Bonchev–Trinajstić information content (AvgIpc) is 2.60. The number of pyridine rings is 1. The first-order valence-electron chi connectivity index (χ1n) is 7.55. The number of aromatic nitrogens is 1. The summed E-state index contributed by atoms with van der Waals surface area (Å²) in [4.78, 5) is 15.5. The second-order valence-corrected chi connectivity index (χ2v) is 6.62. The molecular weight excluding hydrogens is 389 g/mol. The maximum absolute atomic E-state index is 12.6. The Morgan fingerprint density at radius 2 is 2.00 bits per heavy atom. The molecule has 26 heavy (non-hydrogen) atoms. The first kappa shape index (κ1) is 20.4. The van der Waals surface area contributed by atoms with Crippen LogP contribution in [0, 0.1) is 0 Å². The van der Waals surface area contributed by atoms with Crippen LogP contribution in [0.5, 0.6) is 5.75 Å². The van der Waals surface area contributed by atoms with Gasteiger partial charge < -0.3 is 10.1 Å². The van der Waals surface area contributed by atoms with E-state index in [0.717, 1.165) is 29.1 Å². The number of benzene rings is 1. The summed E-state index contributed by atoms with van der Waals surface area (Å²) in [7, 11) is 1.59. The van der Waals surface area contributed by atoms with Gasteiger partial charge in [0, 0.05) is 12.7 Å². The predicted molar refractivity (Wildman–Crippen MR) is 94.7 cm³/mol. The molecule has 0 aliphatic rings. The Kier molecular flexibility index (Phi) is 7.16. The fraction of sp³-hybridized carbons (Fsp3) is 0.294. The van der Waals surface area contributed by atoms with Crippen molar-refractivity contribution in [3.8, 4) is 5.75 Å². The zero-order valence-electron chi connectivity index (χ0n) is 13.8. The number of alkyl halides is 3. The zero-order valence-corrected chi connectivity index (χ0v) is 15.3. The minimum absolute atomic E-state index is 0.0146. The third kappa shape index (κ3) is 6.10. The van der Waals surface area contributed by atoms with Crippen molar-refractivity contribution in [1.82, 2.24) is 10.3 Å². The van der Waals surface area contributed by atoms with Crippen LogP contribution >= 0.6 is 23.4 Å². The van der Waals surface area contributed by atoms with Gasteiger partial charge in [-0.1, -0.05) is 35.5 Å².